The molecule has 0 aliphatic heterocycles. The number of rotatable bonds is 4. The van der Waals surface area contributed by atoms with E-state index in [1.165, 1.54) is 6.07 Å². The van der Waals surface area contributed by atoms with E-state index in [2.05, 4.69) is 20.7 Å². The fraction of sp³-hybridized carbons (Fsp3) is 0.143. The van der Waals surface area contributed by atoms with Crippen LogP contribution in [0.15, 0.2) is 51.8 Å². The predicted molar refractivity (Wildman–Crippen MR) is 90.7 cm³/mol. The van der Waals surface area contributed by atoms with Crippen LogP contribution < -0.4 is 9.62 Å². The van der Waals surface area contributed by atoms with Crippen LogP contribution in [0.25, 0.3) is 0 Å². The SMILES string of the molecule is CN(C)c1ccc(Cl)cc1NS(=O)(=O)c1cccc(Br)c1. The molecule has 0 aromatic heterocycles. The van der Waals surface area contributed by atoms with Crippen molar-refractivity contribution in [1.82, 2.24) is 0 Å². The number of benzene rings is 2. The third kappa shape index (κ3) is 3.90. The predicted octanol–water partition coefficient (Wildman–Crippen LogP) is 3.97. The Bertz CT molecular complexity index is 763. The van der Waals surface area contributed by atoms with Gasteiger partial charge < -0.3 is 4.90 Å². The maximum absolute atomic E-state index is 12.4. The first-order valence-electron chi connectivity index (χ1n) is 6.05. The van der Waals surface area contributed by atoms with Gasteiger partial charge in [-0.3, -0.25) is 4.72 Å². The summed E-state index contributed by atoms with van der Waals surface area (Å²) >= 11 is 9.23. The van der Waals surface area contributed by atoms with Crippen molar-refractivity contribution < 1.29 is 8.42 Å². The Kier molecular flexibility index (Phi) is 4.81. The fourth-order valence-electron chi connectivity index (χ4n) is 1.82. The van der Waals surface area contributed by atoms with Gasteiger partial charge in [-0.05, 0) is 36.4 Å². The molecule has 21 heavy (non-hydrogen) atoms. The van der Waals surface area contributed by atoms with Crippen LogP contribution in [0.2, 0.25) is 5.02 Å². The number of anilines is 2. The minimum absolute atomic E-state index is 0.182. The van der Waals surface area contributed by atoms with Crippen molar-refractivity contribution >= 4 is 48.9 Å². The highest BCUT2D eigenvalue weighted by molar-refractivity contribution is 9.10. The summed E-state index contributed by atoms with van der Waals surface area (Å²) in [7, 11) is -0.00697. The zero-order valence-electron chi connectivity index (χ0n) is 11.5. The number of halogens is 2. The molecule has 0 radical (unpaired) electrons. The zero-order valence-corrected chi connectivity index (χ0v) is 14.6. The first-order chi connectivity index (χ1) is 9.79. The first-order valence-corrected chi connectivity index (χ1v) is 8.70. The second-order valence-corrected chi connectivity index (χ2v) is 7.65. The topological polar surface area (TPSA) is 49.4 Å². The summed E-state index contributed by atoms with van der Waals surface area (Å²) in [5.74, 6) is 0. The van der Waals surface area contributed by atoms with Crippen molar-refractivity contribution in [2.75, 3.05) is 23.7 Å². The summed E-state index contributed by atoms with van der Waals surface area (Å²) in [6.45, 7) is 0. The van der Waals surface area contributed by atoms with Crippen LogP contribution in [0.1, 0.15) is 0 Å². The second-order valence-electron chi connectivity index (χ2n) is 4.62. The van der Waals surface area contributed by atoms with E-state index in [4.69, 9.17) is 11.6 Å². The molecule has 4 nitrogen and oxygen atoms in total. The molecule has 0 aliphatic carbocycles. The normalized spacial score (nSPS) is 11.2. The number of nitrogens with zero attached hydrogens (tertiary/aromatic N) is 1. The molecule has 0 spiro atoms. The highest BCUT2D eigenvalue weighted by Gasteiger charge is 2.17. The minimum Gasteiger partial charge on any atom is -0.376 e. The summed E-state index contributed by atoms with van der Waals surface area (Å²) in [4.78, 5) is 2.00. The molecule has 7 heteroatoms. The quantitative estimate of drug-likeness (QED) is 0.861. The average Bonchev–Trinajstić information content (AvgIpc) is 2.38. The van der Waals surface area contributed by atoms with E-state index in [-0.39, 0.29) is 4.90 Å². The summed E-state index contributed by atoms with van der Waals surface area (Å²) in [6, 6.07) is 11.6. The van der Waals surface area contributed by atoms with Crippen LogP contribution in [0.3, 0.4) is 0 Å². The highest BCUT2D eigenvalue weighted by atomic mass is 79.9. The van der Waals surface area contributed by atoms with Crippen LogP contribution in [-0.2, 0) is 10.0 Å². The van der Waals surface area contributed by atoms with Gasteiger partial charge in [-0.2, -0.15) is 0 Å². The van der Waals surface area contributed by atoms with Gasteiger partial charge in [0.05, 0.1) is 16.3 Å². The van der Waals surface area contributed by atoms with Gasteiger partial charge in [-0.25, -0.2) is 8.42 Å². The standard InChI is InChI=1S/C14H14BrClN2O2S/c1-18(2)14-7-6-11(16)9-13(14)17-21(19,20)12-5-3-4-10(15)8-12/h3-9,17H,1-2H3. The lowest BCUT2D eigenvalue weighted by Crippen LogP contribution is -2.17. The second kappa shape index (κ2) is 6.25. The van der Waals surface area contributed by atoms with E-state index in [9.17, 15) is 8.42 Å². The molecule has 0 unspecified atom stereocenters. The van der Waals surface area contributed by atoms with Crippen LogP contribution in [0, 0.1) is 0 Å². The molecule has 0 saturated heterocycles. The van der Waals surface area contributed by atoms with Gasteiger partial charge in [0.25, 0.3) is 10.0 Å². The smallest absolute Gasteiger partial charge is 0.262 e. The Hall–Kier alpha value is -1.24. The zero-order chi connectivity index (χ0) is 15.6. The van der Waals surface area contributed by atoms with Gasteiger partial charge in [-0.15, -0.1) is 0 Å². The van der Waals surface area contributed by atoms with E-state index in [0.29, 0.717) is 15.2 Å². The molecule has 2 rings (SSSR count). The molecular formula is C14H14BrClN2O2S. The van der Waals surface area contributed by atoms with Gasteiger partial charge in [0.1, 0.15) is 0 Å². The maximum Gasteiger partial charge on any atom is 0.262 e. The first kappa shape index (κ1) is 16.1. The Labute approximate surface area is 137 Å². The Morgan fingerprint density at radius 3 is 2.48 bits per heavy atom. The molecule has 0 fully saturated rings. The lowest BCUT2D eigenvalue weighted by molar-refractivity contribution is 0.601. The monoisotopic (exact) mass is 388 g/mol. The summed E-state index contributed by atoms with van der Waals surface area (Å²) in [5.41, 5.74) is 1.17. The van der Waals surface area contributed by atoms with Gasteiger partial charge in [-0.1, -0.05) is 33.6 Å². The molecule has 2 aromatic rings. The maximum atomic E-state index is 12.4. The highest BCUT2D eigenvalue weighted by Crippen LogP contribution is 2.30. The molecular weight excluding hydrogens is 376 g/mol. The van der Waals surface area contributed by atoms with E-state index in [0.717, 1.165) is 5.69 Å². The van der Waals surface area contributed by atoms with Crippen molar-refractivity contribution in [3.63, 3.8) is 0 Å². The molecule has 112 valence electrons. The van der Waals surface area contributed by atoms with Crippen molar-refractivity contribution in [2.45, 2.75) is 4.90 Å². The Balaban J connectivity index is 2.44. The molecule has 0 aliphatic rings. The summed E-state index contributed by atoms with van der Waals surface area (Å²) in [6.07, 6.45) is 0. The average molecular weight is 390 g/mol. The fourth-order valence-corrected chi connectivity index (χ4v) is 3.65. The lowest BCUT2D eigenvalue weighted by Gasteiger charge is -2.19. The number of hydrogen-bond acceptors (Lipinski definition) is 3. The third-order valence-electron chi connectivity index (χ3n) is 2.79. The van der Waals surface area contributed by atoms with Crippen LogP contribution in [0.5, 0.6) is 0 Å². The molecule has 0 bridgehead atoms. The molecule has 0 heterocycles. The molecule has 2 aromatic carbocycles. The minimum atomic E-state index is -3.67. The largest absolute Gasteiger partial charge is 0.376 e. The van der Waals surface area contributed by atoms with Gasteiger partial charge in [0.15, 0.2) is 0 Å². The van der Waals surface area contributed by atoms with Crippen molar-refractivity contribution in [3.8, 4) is 0 Å². The van der Waals surface area contributed by atoms with E-state index < -0.39 is 10.0 Å². The van der Waals surface area contributed by atoms with Crippen molar-refractivity contribution in [2.24, 2.45) is 0 Å². The molecule has 0 amide bonds. The Morgan fingerprint density at radius 2 is 1.86 bits per heavy atom. The van der Waals surface area contributed by atoms with Gasteiger partial charge >= 0.3 is 0 Å². The third-order valence-corrected chi connectivity index (χ3v) is 4.88. The summed E-state index contributed by atoms with van der Waals surface area (Å²) in [5, 5.41) is 0.465. The molecule has 0 atom stereocenters. The Morgan fingerprint density at radius 1 is 1.14 bits per heavy atom. The van der Waals surface area contributed by atoms with Crippen molar-refractivity contribution in [3.05, 3.63) is 52.0 Å². The number of nitrogens with one attached hydrogen (secondary N) is 1. The van der Waals surface area contributed by atoms with Crippen molar-refractivity contribution in [1.29, 1.82) is 0 Å². The van der Waals surface area contributed by atoms with Crippen LogP contribution >= 0.6 is 27.5 Å². The molecule has 0 saturated carbocycles. The molecule has 1 N–H and O–H groups in total. The van der Waals surface area contributed by atoms with Gasteiger partial charge in [0, 0.05) is 23.6 Å². The number of sulfonamides is 1. The van der Waals surface area contributed by atoms with Crippen LogP contribution in [-0.4, -0.2) is 22.5 Å². The van der Waals surface area contributed by atoms with E-state index in [1.807, 2.05) is 19.0 Å². The number of hydrogen-bond donors (Lipinski definition) is 1. The van der Waals surface area contributed by atoms with Crippen LogP contribution in [0.4, 0.5) is 11.4 Å². The lowest BCUT2D eigenvalue weighted by atomic mass is 10.2. The van der Waals surface area contributed by atoms with Gasteiger partial charge in [0.2, 0.25) is 0 Å². The van der Waals surface area contributed by atoms with E-state index >= 15 is 0 Å². The summed E-state index contributed by atoms with van der Waals surface area (Å²) < 4.78 is 28.2. The van der Waals surface area contributed by atoms with E-state index in [1.54, 1.807) is 36.4 Å².